The first-order valence-corrected chi connectivity index (χ1v) is 10.3. The molecule has 4 nitrogen and oxygen atoms in total. The van der Waals surface area contributed by atoms with Crippen molar-refractivity contribution in [2.75, 3.05) is 45.3 Å². The maximum Gasteiger partial charge on any atom is 0.193 e. The smallest absolute Gasteiger partial charge is 0.193 e. The molecular formula is C20H29N3OS. The van der Waals surface area contributed by atoms with Gasteiger partial charge in [0.15, 0.2) is 5.96 Å². The van der Waals surface area contributed by atoms with Crippen LogP contribution in [0.1, 0.15) is 24.8 Å². The molecule has 1 aromatic rings. The molecule has 25 heavy (non-hydrogen) atoms. The zero-order chi connectivity index (χ0) is 17.5. The molecule has 1 aromatic carbocycles. The highest BCUT2D eigenvalue weighted by Gasteiger charge is 2.19. The number of methoxy groups -OCH3 is 1. The lowest BCUT2D eigenvalue weighted by molar-refractivity contribution is 0.413. The van der Waals surface area contributed by atoms with Crippen LogP contribution in [-0.2, 0) is 0 Å². The van der Waals surface area contributed by atoms with E-state index in [1.165, 1.54) is 35.5 Å². The Hall–Kier alpha value is -1.62. The molecule has 0 aliphatic carbocycles. The number of hydrogen-bond acceptors (Lipinski definition) is 3. The Bertz CT molecular complexity index is 623. The zero-order valence-electron chi connectivity index (χ0n) is 15.3. The maximum absolute atomic E-state index is 5.34. The summed E-state index contributed by atoms with van der Waals surface area (Å²) in [6, 6.07) is 8.34. The molecule has 0 atom stereocenters. The predicted octanol–water partition coefficient (Wildman–Crippen LogP) is 3.50. The summed E-state index contributed by atoms with van der Waals surface area (Å²) in [6.07, 6.45) is 6.01. The molecule has 0 spiro atoms. The fourth-order valence-corrected chi connectivity index (χ4v) is 4.67. The Kier molecular flexibility index (Phi) is 6.68. The van der Waals surface area contributed by atoms with E-state index in [0.717, 1.165) is 43.7 Å². The Labute approximate surface area is 155 Å². The molecule has 0 radical (unpaired) electrons. The summed E-state index contributed by atoms with van der Waals surface area (Å²) in [5.41, 5.74) is 2.66. The van der Waals surface area contributed by atoms with Crippen LogP contribution in [0.4, 0.5) is 0 Å². The second kappa shape index (κ2) is 9.18. The summed E-state index contributed by atoms with van der Waals surface area (Å²) in [7, 11) is 3.61. The number of thioether (sulfide) groups is 1. The van der Waals surface area contributed by atoms with Gasteiger partial charge in [0.25, 0.3) is 0 Å². The molecule has 0 aromatic heterocycles. The Morgan fingerprint density at radius 3 is 2.88 bits per heavy atom. The minimum Gasteiger partial charge on any atom is -0.497 e. The minimum absolute atomic E-state index is 0.797. The normalized spacial score (nSPS) is 19.5. The van der Waals surface area contributed by atoms with Crippen molar-refractivity contribution in [2.45, 2.75) is 19.3 Å². The number of guanidine groups is 1. The van der Waals surface area contributed by atoms with Gasteiger partial charge >= 0.3 is 0 Å². The van der Waals surface area contributed by atoms with Crippen LogP contribution in [0.3, 0.4) is 0 Å². The van der Waals surface area contributed by atoms with Crippen molar-refractivity contribution < 1.29 is 4.74 Å². The number of hydrogen-bond donors (Lipinski definition) is 1. The lowest BCUT2D eigenvalue weighted by Crippen LogP contribution is -2.45. The summed E-state index contributed by atoms with van der Waals surface area (Å²) < 4.78 is 5.34. The van der Waals surface area contributed by atoms with Gasteiger partial charge in [-0.3, -0.25) is 4.99 Å². The van der Waals surface area contributed by atoms with Crippen molar-refractivity contribution in [3.8, 4) is 5.75 Å². The molecule has 2 aliphatic rings. The topological polar surface area (TPSA) is 36.9 Å². The van der Waals surface area contributed by atoms with E-state index < -0.39 is 0 Å². The third-order valence-electron chi connectivity index (χ3n) is 5.05. The number of nitrogens with one attached hydrogen (secondary N) is 1. The lowest BCUT2D eigenvalue weighted by atomic mass is 9.99. The van der Waals surface area contributed by atoms with E-state index in [1.54, 1.807) is 7.11 Å². The Morgan fingerprint density at radius 1 is 1.36 bits per heavy atom. The van der Waals surface area contributed by atoms with Crippen LogP contribution in [0.25, 0.3) is 5.57 Å². The molecule has 0 amide bonds. The number of benzene rings is 1. The molecule has 5 heteroatoms. The molecule has 2 aliphatic heterocycles. The fraction of sp³-hybridized carbons (Fsp3) is 0.550. The summed E-state index contributed by atoms with van der Waals surface area (Å²) in [6.45, 7) is 2.96. The van der Waals surface area contributed by atoms with E-state index in [4.69, 9.17) is 4.74 Å². The van der Waals surface area contributed by atoms with Gasteiger partial charge in [0, 0.05) is 26.7 Å². The summed E-state index contributed by atoms with van der Waals surface area (Å²) in [5, 5.41) is 3.60. The van der Waals surface area contributed by atoms with Crippen molar-refractivity contribution in [3.05, 3.63) is 35.9 Å². The molecule has 1 fully saturated rings. The standard InChI is InChI=1S/C20H29N3OS/c1-21-20(22-15-16-8-12-25-13-9-16)23-10-6-17(7-11-23)18-4-3-5-19(14-18)24-2/h3-6,14,16H,7-13,15H2,1-2H3,(H,21,22). The second-order valence-electron chi connectivity index (χ2n) is 6.64. The lowest BCUT2D eigenvalue weighted by Gasteiger charge is -2.31. The zero-order valence-corrected chi connectivity index (χ0v) is 16.1. The SMILES string of the molecule is CN=C(NCC1CCSCC1)N1CC=C(c2cccc(OC)c2)CC1. The minimum atomic E-state index is 0.797. The predicted molar refractivity (Wildman–Crippen MR) is 109 cm³/mol. The van der Waals surface area contributed by atoms with Crippen molar-refractivity contribution in [1.29, 1.82) is 0 Å². The van der Waals surface area contributed by atoms with Crippen LogP contribution in [0.2, 0.25) is 0 Å². The Balaban J connectivity index is 1.56. The fourth-order valence-electron chi connectivity index (χ4n) is 3.46. The highest BCUT2D eigenvalue weighted by atomic mass is 32.2. The van der Waals surface area contributed by atoms with Crippen molar-refractivity contribution in [3.63, 3.8) is 0 Å². The van der Waals surface area contributed by atoms with Gasteiger partial charge in [-0.05, 0) is 60.0 Å². The largest absolute Gasteiger partial charge is 0.497 e. The molecule has 0 bridgehead atoms. The van der Waals surface area contributed by atoms with Gasteiger partial charge in [0.1, 0.15) is 5.75 Å². The van der Waals surface area contributed by atoms with Crippen LogP contribution in [0, 0.1) is 5.92 Å². The molecule has 2 heterocycles. The third kappa shape index (κ3) is 4.94. The number of rotatable bonds is 4. The number of nitrogens with zero attached hydrogens (tertiary/aromatic N) is 2. The van der Waals surface area contributed by atoms with Crippen molar-refractivity contribution in [1.82, 2.24) is 10.2 Å². The van der Waals surface area contributed by atoms with Crippen molar-refractivity contribution in [2.24, 2.45) is 10.9 Å². The quantitative estimate of drug-likeness (QED) is 0.659. The van der Waals surface area contributed by atoms with E-state index in [-0.39, 0.29) is 0 Å². The number of aliphatic imine (C=N–C) groups is 1. The van der Waals surface area contributed by atoms with Crippen LogP contribution >= 0.6 is 11.8 Å². The van der Waals surface area contributed by atoms with Crippen LogP contribution in [-0.4, -0.2) is 56.2 Å². The van der Waals surface area contributed by atoms with E-state index in [9.17, 15) is 0 Å². The summed E-state index contributed by atoms with van der Waals surface area (Å²) in [4.78, 5) is 6.85. The molecule has 3 rings (SSSR count). The Morgan fingerprint density at radius 2 is 2.20 bits per heavy atom. The molecule has 0 saturated carbocycles. The van der Waals surface area contributed by atoms with Crippen LogP contribution in [0.15, 0.2) is 35.3 Å². The van der Waals surface area contributed by atoms with Gasteiger partial charge in [-0.25, -0.2) is 0 Å². The molecule has 1 N–H and O–H groups in total. The molecule has 1 saturated heterocycles. The van der Waals surface area contributed by atoms with E-state index in [2.05, 4.69) is 51.2 Å². The van der Waals surface area contributed by atoms with Gasteiger partial charge in [-0.2, -0.15) is 11.8 Å². The summed E-state index contributed by atoms with van der Waals surface area (Å²) in [5.74, 6) is 5.37. The van der Waals surface area contributed by atoms with Gasteiger partial charge in [0.2, 0.25) is 0 Å². The average Bonchev–Trinajstić information content (AvgIpc) is 2.70. The van der Waals surface area contributed by atoms with Crippen LogP contribution < -0.4 is 10.1 Å². The first-order chi connectivity index (χ1) is 12.3. The monoisotopic (exact) mass is 359 g/mol. The van der Waals surface area contributed by atoms with Crippen LogP contribution in [0.5, 0.6) is 5.75 Å². The number of ether oxygens (including phenoxy) is 1. The molecule has 0 unspecified atom stereocenters. The second-order valence-corrected chi connectivity index (χ2v) is 7.87. The maximum atomic E-state index is 5.34. The van der Waals surface area contributed by atoms with E-state index in [0.29, 0.717) is 0 Å². The van der Waals surface area contributed by atoms with Gasteiger partial charge in [-0.15, -0.1) is 0 Å². The average molecular weight is 360 g/mol. The third-order valence-corrected chi connectivity index (χ3v) is 6.10. The first kappa shape index (κ1) is 18.2. The van der Waals surface area contributed by atoms with Gasteiger partial charge < -0.3 is 15.0 Å². The highest BCUT2D eigenvalue weighted by Crippen LogP contribution is 2.26. The van der Waals surface area contributed by atoms with Crippen molar-refractivity contribution >= 4 is 23.3 Å². The van der Waals surface area contributed by atoms with Gasteiger partial charge in [-0.1, -0.05) is 18.2 Å². The molecule has 136 valence electrons. The van der Waals surface area contributed by atoms with E-state index >= 15 is 0 Å². The van der Waals surface area contributed by atoms with Gasteiger partial charge in [0.05, 0.1) is 7.11 Å². The highest BCUT2D eigenvalue weighted by molar-refractivity contribution is 7.99. The van der Waals surface area contributed by atoms with E-state index in [1.807, 2.05) is 13.1 Å². The molecular weight excluding hydrogens is 330 g/mol. The first-order valence-electron chi connectivity index (χ1n) is 9.17. The summed E-state index contributed by atoms with van der Waals surface area (Å²) >= 11 is 2.08.